The van der Waals surface area contributed by atoms with Crippen LogP contribution < -0.4 is 21.7 Å². The minimum Gasteiger partial charge on any atom is -0.378 e. The molecule has 0 saturated carbocycles. The maximum atomic E-state index is 13.8. The predicted molar refractivity (Wildman–Crippen MR) is 113 cm³/mol. The predicted octanol–water partition coefficient (Wildman–Crippen LogP) is 4.06. The van der Waals surface area contributed by atoms with Crippen molar-refractivity contribution in [2.24, 2.45) is 5.73 Å². The highest BCUT2D eigenvalue weighted by molar-refractivity contribution is 6.04. The number of halogens is 5. The molecule has 0 radical (unpaired) electrons. The third kappa shape index (κ3) is 7.08. The summed E-state index contributed by atoms with van der Waals surface area (Å²) in [5, 5.41) is 13.6. The number of rotatable bonds is 6. The lowest BCUT2D eigenvalue weighted by Crippen LogP contribution is -2.21. The molecular weight excluding hydrogens is 472 g/mol. The number of urea groups is 1. The van der Waals surface area contributed by atoms with Gasteiger partial charge in [-0.1, -0.05) is 12.1 Å². The Balaban J connectivity index is 0.00000187. The number of nitrogens with two attached hydrogens (primary N) is 1. The van der Waals surface area contributed by atoms with Crippen molar-refractivity contribution >= 4 is 40.9 Å². The van der Waals surface area contributed by atoms with Crippen LogP contribution in [0.1, 0.15) is 21.6 Å². The van der Waals surface area contributed by atoms with E-state index in [0.29, 0.717) is 35.1 Å². The average Bonchev–Trinajstić information content (AvgIpc) is 3.24. The maximum absolute atomic E-state index is 13.8. The van der Waals surface area contributed by atoms with Crippen molar-refractivity contribution in [2.45, 2.75) is 12.7 Å². The highest BCUT2D eigenvalue weighted by Gasteiger charge is 2.31. The molecule has 0 atom stereocenters. The number of H-pyrrole nitrogens is 1. The normalized spacial score (nSPS) is 10.6. The number of alkyl halides is 3. The summed E-state index contributed by atoms with van der Waals surface area (Å²) in [5.41, 5.74) is 5.03. The molecule has 0 fully saturated rings. The number of aromatic amines is 1. The summed E-state index contributed by atoms with van der Waals surface area (Å²) in [6.45, 7) is 0.249. The molecule has 176 valence electrons. The highest BCUT2D eigenvalue weighted by Crippen LogP contribution is 2.31. The summed E-state index contributed by atoms with van der Waals surface area (Å²) < 4.78 is 58.6. The zero-order valence-corrected chi connectivity index (χ0v) is 17.3. The molecule has 0 aliphatic carbocycles. The van der Waals surface area contributed by atoms with Crippen molar-refractivity contribution in [2.75, 3.05) is 16.0 Å². The lowest BCUT2D eigenvalue weighted by Gasteiger charge is -2.12. The van der Waals surface area contributed by atoms with Gasteiger partial charge in [0.1, 0.15) is 11.5 Å². The number of carbonyl (C=O) groups is 2. The van der Waals surface area contributed by atoms with Gasteiger partial charge in [-0.05, 0) is 35.9 Å². The van der Waals surface area contributed by atoms with Crippen molar-refractivity contribution in [3.05, 3.63) is 71.3 Å². The van der Waals surface area contributed by atoms with Gasteiger partial charge < -0.3 is 21.7 Å². The van der Waals surface area contributed by atoms with Crippen LogP contribution >= 0.6 is 11.9 Å². The van der Waals surface area contributed by atoms with E-state index in [1.807, 2.05) is 0 Å². The van der Waals surface area contributed by atoms with E-state index in [0.717, 1.165) is 0 Å². The maximum Gasteiger partial charge on any atom is 0.416 e. The van der Waals surface area contributed by atoms with Crippen molar-refractivity contribution in [1.82, 2.24) is 10.2 Å². The summed E-state index contributed by atoms with van der Waals surface area (Å²) in [4.78, 5) is 23.4. The van der Waals surface area contributed by atoms with E-state index in [1.165, 1.54) is 12.3 Å². The molecule has 3 rings (SSSR count). The van der Waals surface area contributed by atoms with Gasteiger partial charge in [-0.15, -0.1) is 0 Å². The van der Waals surface area contributed by atoms with Gasteiger partial charge >= 0.3 is 12.2 Å². The fourth-order valence-electron chi connectivity index (χ4n) is 2.65. The summed E-state index contributed by atoms with van der Waals surface area (Å²) in [7, 11) is 0. The first-order valence-electron chi connectivity index (χ1n) is 8.91. The van der Waals surface area contributed by atoms with Crippen molar-refractivity contribution in [3.8, 4) is 0 Å². The van der Waals surface area contributed by atoms with Crippen LogP contribution in [0.25, 0.3) is 0 Å². The molecule has 3 aromatic rings. The van der Waals surface area contributed by atoms with Crippen LogP contribution in [0.4, 0.5) is 39.4 Å². The summed E-state index contributed by atoms with van der Waals surface area (Å²) in [5.74, 6) is -1.69. The largest absolute Gasteiger partial charge is 0.416 e. The number of hydrogen-bond donors (Lipinski definition) is 6. The molecule has 33 heavy (non-hydrogen) atoms. The number of primary amides is 1. The quantitative estimate of drug-likeness (QED) is 0.290. The van der Waals surface area contributed by atoms with Gasteiger partial charge in [0.2, 0.25) is 0 Å². The van der Waals surface area contributed by atoms with E-state index in [-0.39, 0.29) is 12.2 Å². The van der Waals surface area contributed by atoms with Crippen LogP contribution in [0.2, 0.25) is 0 Å². The Bertz CT molecular complexity index is 1120. The van der Waals surface area contributed by atoms with E-state index in [4.69, 9.17) is 10.4 Å². The second-order valence-electron chi connectivity index (χ2n) is 6.35. The minimum atomic E-state index is -4.68. The lowest BCUT2D eigenvalue weighted by atomic mass is 10.2. The van der Waals surface area contributed by atoms with Gasteiger partial charge in [-0.25, -0.2) is 9.18 Å². The Morgan fingerprint density at radius 3 is 2.48 bits per heavy atom. The third-order valence-corrected chi connectivity index (χ3v) is 4.10. The van der Waals surface area contributed by atoms with Crippen LogP contribution in [-0.2, 0) is 12.7 Å². The molecule has 0 aliphatic heterocycles. The molecule has 0 saturated heterocycles. The molecule has 1 aromatic heterocycles. The van der Waals surface area contributed by atoms with Crippen LogP contribution in [-0.4, -0.2) is 26.8 Å². The SMILES string of the molecule is NC(=O)c1[nH]ncc1NCc1cccc(NC(=O)Nc2cc(C(F)(F)F)ccc2F)c1.OCl. The second kappa shape index (κ2) is 11.2. The number of aromatic nitrogens is 2. The molecule has 14 heteroatoms. The third-order valence-electron chi connectivity index (χ3n) is 4.10. The molecule has 0 bridgehead atoms. The first-order chi connectivity index (χ1) is 15.6. The molecule has 3 amide bonds. The summed E-state index contributed by atoms with van der Waals surface area (Å²) in [6, 6.07) is 7.27. The second-order valence-corrected chi connectivity index (χ2v) is 6.35. The number of hydrogen-bond acceptors (Lipinski definition) is 5. The number of nitrogens with one attached hydrogen (secondary N) is 4. The molecule has 0 spiro atoms. The minimum absolute atomic E-state index is 0.108. The highest BCUT2D eigenvalue weighted by atomic mass is 35.5. The molecule has 0 aliphatic rings. The summed E-state index contributed by atoms with van der Waals surface area (Å²) in [6.07, 6.45) is -3.29. The van der Waals surface area contributed by atoms with Crippen LogP contribution in [0.3, 0.4) is 0 Å². The van der Waals surface area contributed by atoms with Crippen molar-refractivity contribution < 1.29 is 31.8 Å². The molecular formula is C19H17ClF4N6O3. The van der Waals surface area contributed by atoms with Gasteiger partial charge in [0.05, 0.1) is 35.0 Å². The van der Waals surface area contributed by atoms with E-state index in [9.17, 15) is 27.2 Å². The van der Waals surface area contributed by atoms with Crippen LogP contribution in [0.5, 0.6) is 0 Å². The molecule has 9 nitrogen and oxygen atoms in total. The standard InChI is InChI=1S/C19H16F4N6O2.ClHO/c20-13-5-4-11(19(21,22)23)7-14(13)28-18(31)27-12-3-1-2-10(6-12)8-25-15-9-26-29-16(15)17(24)30;1-2/h1-7,9,25H,8H2,(H2,24,30)(H,26,29)(H2,27,28,31);2H. The van der Waals surface area contributed by atoms with Crippen LogP contribution in [0, 0.1) is 5.82 Å². The van der Waals surface area contributed by atoms with Gasteiger partial charge in [-0.2, -0.15) is 18.3 Å². The van der Waals surface area contributed by atoms with E-state index in [2.05, 4.69) is 38.0 Å². The number of anilines is 3. The van der Waals surface area contributed by atoms with Crippen molar-refractivity contribution in [3.63, 3.8) is 0 Å². The Morgan fingerprint density at radius 2 is 1.82 bits per heavy atom. The fourth-order valence-corrected chi connectivity index (χ4v) is 2.65. The Hall–Kier alpha value is -3.84. The molecule has 7 N–H and O–H groups in total. The monoisotopic (exact) mass is 488 g/mol. The van der Waals surface area contributed by atoms with Crippen LogP contribution in [0.15, 0.2) is 48.7 Å². The van der Waals surface area contributed by atoms with E-state index >= 15 is 0 Å². The van der Waals surface area contributed by atoms with Crippen molar-refractivity contribution in [1.29, 1.82) is 0 Å². The Labute approximate surface area is 189 Å². The molecule has 2 aromatic carbocycles. The average molecular weight is 489 g/mol. The van der Waals surface area contributed by atoms with Gasteiger partial charge in [0, 0.05) is 12.2 Å². The zero-order valence-electron chi connectivity index (χ0n) is 16.5. The molecule has 1 heterocycles. The van der Waals surface area contributed by atoms with E-state index in [1.54, 1.807) is 18.2 Å². The van der Waals surface area contributed by atoms with Gasteiger partial charge in [-0.3, -0.25) is 14.6 Å². The zero-order chi connectivity index (χ0) is 24.6. The van der Waals surface area contributed by atoms with E-state index < -0.39 is 35.2 Å². The fraction of sp³-hybridized carbons (Fsp3) is 0.105. The summed E-state index contributed by atoms with van der Waals surface area (Å²) >= 11 is 3.64. The topological polar surface area (TPSA) is 145 Å². The first kappa shape index (κ1) is 25.4. The number of nitrogens with zero attached hydrogens (tertiary/aromatic N) is 1. The first-order valence-corrected chi connectivity index (χ1v) is 9.25. The molecule has 0 unspecified atom stereocenters. The Morgan fingerprint density at radius 1 is 1.09 bits per heavy atom. The smallest absolute Gasteiger partial charge is 0.378 e. The number of carbonyl (C=O) groups excluding carboxylic acids is 2. The van der Waals surface area contributed by atoms with Gasteiger partial charge in [0.25, 0.3) is 5.91 Å². The number of benzene rings is 2. The lowest BCUT2D eigenvalue weighted by molar-refractivity contribution is -0.137. The number of amides is 3. The van der Waals surface area contributed by atoms with Gasteiger partial charge in [0.15, 0.2) is 0 Å². The Kier molecular flexibility index (Phi) is 8.59.